The van der Waals surface area contributed by atoms with Gasteiger partial charge in [0.1, 0.15) is 0 Å². The van der Waals surface area contributed by atoms with E-state index >= 15 is 0 Å². The van der Waals surface area contributed by atoms with Gasteiger partial charge in [0.25, 0.3) is 0 Å². The molecule has 0 radical (unpaired) electrons. The maximum Gasteiger partial charge on any atom is 0.0898 e. The average molecular weight is 336 g/mol. The van der Waals surface area contributed by atoms with E-state index in [1.807, 2.05) is 30.4 Å². The second-order valence-electron chi connectivity index (χ2n) is 4.42. The zero-order valence-electron chi connectivity index (χ0n) is 10.1. The maximum absolute atomic E-state index is 6.08. The molecule has 0 bridgehead atoms. The number of aromatic nitrogens is 2. The van der Waals surface area contributed by atoms with E-state index in [2.05, 4.69) is 44.3 Å². The number of nitrogens with one attached hydrogen (secondary N) is 1. The van der Waals surface area contributed by atoms with Gasteiger partial charge in [-0.25, -0.2) is 0 Å². The Morgan fingerprint density at radius 1 is 1.26 bits per heavy atom. The Kier molecular flexibility index (Phi) is 3.58. The van der Waals surface area contributed by atoms with Crippen molar-refractivity contribution in [3.63, 3.8) is 0 Å². The number of nitrogens with zero attached hydrogens (tertiary/aromatic N) is 1. The minimum absolute atomic E-state index is 0.266. The smallest absolute Gasteiger partial charge is 0.0898 e. The van der Waals surface area contributed by atoms with E-state index in [1.54, 1.807) is 0 Å². The van der Waals surface area contributed by atoms with E-state index in [0.29, 0.717) is 0 Å². The molecule has 1 aliphatic rings. The van der Waals surface area contributed by atoms with Gasteiger partial charge in [-0.05, 0) is 29.7 Å². The molecule has 19 heavy (non-hydrogen) atoms. The van der Waals surface area contributed by atoms with Gasteiger partial charge in [-0.15, -0.1) is 0 Å². The van der Waals surface area contributed by atoms with Crippen molar-refractivity contribution in [3.8, 4) is 11.3 Å². The Hall–Kier alpha value is -1.32. The largest absolute Gasteiger partial charge is 0.277 e. The van der Waals surface area contributed by atoms with Crippen molar-refractivity contribution < 1.29 is 0 Å². The van der Waals surface area contributed by atoms with Crippen LogP contribution in [0.4, 0.5) is 0 Å². The van der Waals surface area contributed by atoms with Gasteiger partial charge in [0.15, 0.2) is 0 Å². The molecular formula is C15H12BrClN2. The van der Waals surface area contributed by atoms with E-state index in [0.717, 1.165) is 34.0 Å². The molecule has 1 aromatic heterocycles. The number of aromatic amines is 1. The molecule has 1 atom stereocenters. The third-order valence-electron chi connectivity index (χ3n) is 3.11. The summed E-state index contributed by atoms with van der Waals surface area (Å²) < 4.78 is 0. The molecule has 2 aromatic rings. The highest BCUT2D eigenvalue weighted by Gasteiger charge is 2.18. The van der Waals surface area contributed by atoms with Crippen molar-refractivity contribution >= 4 is 33.1 Å². The Bertz CT molecular complexity index is 643. The predicted octanol–water partition coefficient (Wildman–Crippen LogP) is 4.75. The molecule has 0 saturated carbocycles. The number of allylic oxidation sites excluding steroid dienone is 4. The van der Waals surface area contributed by atoms with Crippen LogP contribution >= 0.6 is 27.5 Å². The summed E-state index contributed by atoms with van der Waals surface area (Å²) in [6, 6.07) is 12.2. The Labute approximate surface area is 125 Å². The number of alkyl halides is 1. The van der Waals surface area contributed by atoms with Gasteiger partial charge in [0.05, 0.1) is 11.4 Å². The van der Waals surface area contributed by atoms with Crippen LogP contribution in [-0.2, 0) is 0 Å². The van der Waals surface area contributed by atoms with Crippen LogP contribution in [0.15, 0.2) is 53.6 Å². The van der Waals surface area contributed by atoms with E-state index in [-0.39, 0.29) is 4.83 Å². The fourth-order valence-electron chi connectivity index (χ4n) is 2.11. The first-order chi connectivity index (χ1) is 9.24. The molecule has 2 nitrogen and oxygen atoms in total. The molecule has 0 spiro atoms. The third-order valence-corrected chi connectivity index (χ3v) is 4.24. The standard InChI is InChI=1S/C15H12BrClN2/c16-13-7-6-11(17)8-12(13)15-9-14(18-19-15)10-4-2-1-3-5-10/h1-6,8-9,13H,7H2,(H,18,19). The molecular weight excluding hydrogens is 324 g/mol. The van der Waals surface area contributed by atoms with Gasteiger partial charge < -0.3 is 0 Å². The van der Waals surface area contributed by atoms with Gasteiger partial charge in [-0.1, -0.05) is 63.9 Å². The molecule has 1 N–H and O–H groups in total. The highest BCUT2D eigenvalue weighted by molar-refractivity contribution is 9.09. The van der Waals surface area contributed by atoms with Crippen molar-refractivity contribution in [1.82, 2.24) is 10.2 Å². The van der Waals surface area contributed by atoms with Gasteiger partial charge in [0, 0.05) is 9.86 Å². The normalized spacial score (nSPS) is 18.9. The molecule has 1 unspecified atom stereocenters. The van der Waals surface area contributed by atoms with Crippen LogP contribution in [0.3, 0.4) is 0 Å². The number of hydrogen-bond acceptors (Lipinski definition) is 1. The van der Waals surface area contributed by atoms with Gasteiger partial charge in [0.2, 0.25) is 0 Å². The first-order valence-electron chi connectivity index (χ1n) is 6.06. The number of benzene rings is 1. The highest BCUT2D eigenvalue weighted by atomic mass is 79.9. The van der Waals surface area contributed by atoms with E-state index in [9.17, 15) is 0 Å². The third kappa shape index (κ3) is 2.67. The predicted molar refractivity (Wildman–Crippen MR) is 83.3 cm³/mol. The van der Waals surface area contributed by atoms with Gasteiger partial charge in [-0.2, -0.15) is 5.10 Å². The van der Waals surface area contributed by atoms with Crippen molar-refractivity contribution in [2.24, 2.45) is 0 Å². The van der Waals surface area contributed by atoms with Crippen LogP contribution in [0.2, 0.25) is 0 Å². The molecule has 1 aromatic carbocycles. The summed E-state index contributed by atoms with van der Waals surface area (Å²) in [5, 5.41) is 8.25. The minimum atomic E-state index is 0.266. The average Bonchev–Trinajstić information content (AvgIpc) is 2.92. The van der Waals surface area contributed by atoms with Crippen molar-refractivity contribution in [1.29, 1.82) is 0 Å². The molecule has 1 aliphatic carbocycles. The SMILES string of the molecule is ClC1=CCC(Br)C(c2cc(-c3ccccc3)[nH]n2)=C1. The van der Waals surface area contributed by atoms with E-state index < -0.39 is 0 Å². The van der Waals surface area contributed by atoms with E-state index in [4.69, 9.17) is 11.6 Å². The molecule has 0 aliphatic heterocycles. The number of halogens is 2. The Morgan fingerprint density at radius 2 is 2.05 bits per heavy atom. The molecule has 3 rings (SSSR count). The number of rotatable bonds is 2. The fourth-order valence-corrected chi connectivity index (χ4v) is 2.87. The zero-order valence-corrected chi connectivity index (χ0v) is 12.4. The Morgan fingerprint density at radius 3 is 2.84 bits per heavy atom. The molecule has 0 fully saturated rings. The molecule has 0 saturated heterocycles. The van der Waals surface area contributed by atoms with Gasteiger partial charge >= 0.3 is 0 Å². The monoisotopic (exact) mass is 334 g/mol. The lowest BCUT2D eigenvalue weighted by atomic mass is 10.0. The first kappa shape index (κ1) is 12.7. The van der Waals surface area contributed by atoms with Crippen LogP contribution in [0.25, 0.3) is 16.8 Å². The summed E-state index contributed by atoms with van der Waals surface area (Å²) >= 11 is 9.74. The van der Waals surface area contributed by atoms with E-state index in [1.165, 1.54) is 0 Å². The second-order valence-corrected chi connectivity index (χ2v) is 5.97. The van der Waals surface area contributed by atoms with Crippen LogP contribution in [0.1, 0.15) is 12.1 Å². The van der Waals surface area contributed by atoms with Crippen molar-refractivity contribution in [3.05, 3.63) is 59.3 Å². The molecule has 4 heteroatoms. The molecule has 0 amide bonds. The van der Waals surface area contributed by atoms with Gasteiger partial charge in [-0.3, -0.25) is 5.10 Å². The molecule has 1 heterocycles. The zero-order chi connectivity index (χ0) is 13.2. The lowest BCUT2D eigenvalue weighted by Gasteiger charge is -2.14. The highest BCUT2D eigenvalue weighted by Crippen LogP contribution is 2.33. The van der Waals surface area contributed by atoms with Crippen LogP contribution < -0.4 is 0 Å². The summed E-state index contributed by atoms with van der Waals surface area (Å²) in [5.74, 6) is 0. The first-order valence-corrected chi connectivity index (χ1v) is 7.36. The van der Waals surface area contributed by atoms with Crippen molar-refractivity contribution in [2.75, 3.05) is 0 Å². The lowest BCUT2D eigenvalue weighted by Crippen LogP contribution is -2.04. The summed E-state index contributed by atoms with van der Waals surface area (Å²) in [6.07, 6.45) is 4.86. The maximum atomic E-state index is 6.08. The topological polar surface area (TPSA) is 28.7 Å². The summed E-state index contributed by atoms with van der Waals surface area (Å²) in [4.78, 5) is 0.266. The van der Waals surface area contributed by atoms with Crippen LogP contribution in [0.5, 0.6) is 0 Å². The number of H-pyrrole nitrogens is 1. The van der Waals surface area contributed by atoms with Crippen LogP contribution in [-0.4, -0.2) is 15.0 Å². The quantitative estimate of drug-likeness (QED) is 0.788. The lowest BCUT2D eigenvalue weighted by molar-refractivity contribution is 1.03. The summed E-state index contributed by atoms with van der Waals surface area (Å²) in [7, 11) is 0. The fraction of sp³-hybridized carbons (Fsp3) is 0.133. The molecule has 96 valence electrons. The van der Waals surface area contributed by atoms with Crippen LogP contribution in [0, 0.1) is 0 Å². The summed E-state index contributed by atoms with van der Waals surface area (Å²) in [5.41, 5.74) is 4.20. The minimum Gasteiger partial charge on any atom is -0.277 e. The van der Waals surface area contributed by atoms with Crippen molar-refractivity contribution in [2.45, 2.75) is 11.2 Å². The number of hydrogen-bond donors (Lipinski definition) is 1. The Balaban J connectivity index is 1.96. The summed E-state index contributed by atoms with van der Waals surface area (Å²) in [6.45, 7) is 0. The second kappa shape index (κ2) is 5.35.